The van der Waals surface area contributed by atoms with Gasteiger partial charge in [-0.25, -0.2) is 4.68 Å². The highest BCUT2D eigenvalue weighted by atomic mass is 35.5. The highest BCUT2D eigenvalue weighted by Crippen LogP contribution is 2.15. The van der Waals surface area contributed by atoms with Gasteiger partial charge < -0.3 is 5.32 Å². The SMILES string of the molecule is CNC(C)c1cn(-c2cccc(Cl)c2)nn1. The maximum absolute atomic E-state index is 5.92. The summed E-state index contributed by atoms with van der Waals surface area (Å²) in [6, 6.07) is 7.70. The monoisotopic (exact) mass is 236 g/mol. The Morgan fingerprint density at radius 2 is 2.25 bits per heavy atom. The fraction of sp³-hybridized carbons (Fsp3) is 0.273. The minimum Gasteiger partial charge on any atom is -0.312 e. The van der Waals surface area contributed by atoms with E-state index in [1.807, 2.05) is 44.4 Å². The van der Waals surface area contributed by atoms with Gasteiger partial charge >= 0.3 is 0 Å². The van der Waals surface area contributed by atoms with Crippen LogP contribution in [-0.4, -0.2) is 22.0 Å². The molecule has 1 atom stereocenters. The molecule has 0 saturated carbocycles. The van der Waals surface area contributed by atoms with Crippen LogP contribution in [-0.2, 0) is 0 Å². The van der Waals surface area contributed by atoms with E-state index in [1.54, 1.807) is 4.68 Å². The van der Waals surface area contributed by atoms with Crippen molar-refractivity contribution in [2.75, 3.05) is 7.05 Å². The van der Waals surface area contributed by atoms with Crippen LogP contribution in [0.3, 0.4) is 0 Å². The summed E-state index contributed by atoms with van der Waals surface area (Å²) in [4.78, 5) is 0. The molecule has 1 N–H and O–H groups in total. The lowest BCUT2D eigenvalue weighted by Gasteiger charge is -2.04. The zero-order valence-electron chi connectivity index (χ0n) is 9.18. The number of nitrogens with zero attached hydrogens (tertiary/aromatic N) is 3. The summed E-state index contributed by atoms with van der Waals surface area (Å²) in [7, 11) is 1.89. The van der Waals surface area contributed by atoms with Crippen LogP contribution < -0.4 is 5.32 Å². The predicted molar refractivity (Wildman–Crippen MR) is 63.8 cm³/mol. The molecule has 0 aliphatic heterocycles. The van der Waals surface area contributed by atoms with Crippen LogP contribution in [0, 0.1) is 0 Å². The maximum Gasteiger partial charge on any atom is 0.0998 e. The third kappa shape index (κ3) is 2.23. The Labute approximate surface area is 99.2 Å². The van der Waals surface area contributed by atoms with E-state index < -0.39 is 0 Å². The molecule has 0 aliphatic carbocycles. The lowest BCUT2D eigenvalue weighted by atomic mass is 10.2. The highest BCUT2D eigenvalue weighted by Gasteiger charge is 2.08. The van der Waals surface area contributed by atoms with E-state index in [0.29, 0.717) is 5.02 Å². The molecule has 1 aromatic heterocycles. The molecule has 1 unspecified atom stereocenters. The first-order chi connectivity index (χ1) is 7.70. The summed E-state index contributed by atoms with van der Waals surface area (Å²) in [5, 5.41) is 12.0. The molecule has 84 valence electrons. The van der Waals surface area contributed by atoms with Gasteiger partial charge in [0.15, 0.2) is 0 Å². The Hall–Kier alpha value is -1.39. The van der Waals surface area contributed by atoms with Gasteiger partial charge in [-0.3, -0.25) is 0 Å². The summed E-state index contributed by atoms with van der Waals surface area (Å²) in [6.07, 6.45) is 1.90. The number of rotatable bonds is 3. The molecular weight excluding hydrogens is 224 g/mol. The van der Waals surface area contributed by atoms with Crippen molar-refractivity contribution in [3.63, 3.8) is 0 Å². The molecule has 0 radical (unpaired) electrons. The van der Waals surface area contributed by atoms with Crippen molar-refractivity contribution < 1.29 is 0 Å². The molecule has 1 aromatic carbocycles. The van der Waals surface area contributed by atoms with Crippen LogP contribution in [0.4, 0.5) is 0 Å². The van der Waals surface area contributed by atoms with Crippen molar-refractivity contribution in [2.24, 2.45) is 0 Å². The third-order valence-electron chi connectivity index (χ3n) is 2.46. The van der Waals surface area contributed by atoms with Crippen LogP contribution in [0.5, 0.6) is 0 Å². The van der Waals surface area contributed by atoms with E-state index in [9.17, 15) is 0 Å². The van der Waals surface area contributed by atoms with Crippen LogP contribution in [0.15, 0.2) is 30.5 Å². The van der Waals surface area contributed by atoms with Crippen molar-refractivity contribution in [1.82, 2.24) is 20.3 Å². The van der Waals surface area contributed by atoms with E-state index in [4.69, 9.17) is 11.6 Å². The summed E-state index contributed by atoms with van der Waals surface area (Å²) >= 11 is 5.92. The fourth-order valence-electron chi connectivity index (χ4n) is 1.37. The Kier molecular flexibility index (Phi) is 3.22. The molecule has 2 aromatic rings. The van der Waals surface area contributed by atoms with Gasteiger partial charge in [-0.05, 0) is 32.2 Å². The van der Waals surface area contributed by atoms with Gasteiger partial charge in [0, 0.05) is 11.1 Å². The minimum absolute atomic E-state index is 0.188. The maximum atomic E-state index is 5.92. The first-order valence-corrected chi connectivity index (χ1v) is 5.44. The smallest absolute Gasteiger partial charge is 0.0998 e. The van der Waals surface area contributed by atoms with Crippen molar-refractivity contribution >= 4 is 11.6 Å². The van der Waals surface area contributed by atoms with Gasteiger partial charge in [0.25, 0.3) is 0 Å². The van der Waals surface area contributed by atoms with Gasteiger partial charge in [-0.1, -0.05) is 22.9 Å². The lowest BCUT2D eigenvalue weighted by Crippen LogP contribution is -2.12. The number of hydrogen-bond donors (Lipinski definition) is 1. The van der Waals surface area contributed by atoms with Gasteiger partial charge in [0.05, 0.1) is 17.6 Å². The minimum atomic E-state index is 0.188. The summed E-state index contributed by atoms with van der Waals surface area (Å²) < 4.78 is 1.72. The molecule has 0 fully saturated rings. The van der Waals surface area contributed by atoms with Crippen LogP contribution in [0.2, 0.25) is 5.02 Å². The van der Waals surface area contributed by atoms with Crippen LogP contribution >= 0.6 is 11.6 Å². The Balaban J connectivity index is 2.31. The molecule has 0 spiro atoms. The molecule has 1 heterocycles. The number of benzene rings is 1. The third-order valence-corrected chi connectivity index (χ3v) is 2.70. The fourth-order valence-corrected chi connectivity index (χ4v) is 1.55. The Morgan fingerprint density at radius 1 is 1.44 bits per heavy atom. The highest BCUT2D eigenvalue weighted by molar-refractivity contribution is 6.30. The normalized spacial score (nSPS) is 12.7. The summed E-state index contributed by atoms with van der Waals surface area (Å²) in [5.41, 5.74) is 1.82. The van der Waals surface area contributed by atoms with Gasteiger partial charge in [0.1, 0.15) is 0 Å². The number of nitrogens with one attached hydrogen (secondary N) is 1. The molecule has 5 heteroatoms. The average molecular weight is 237 g/mol. The predicted octanol–water partition coefficient (Wildman–Crippen LogP) is 2.20. The number of halogens is 1. The van der Waals surface area contributed by atoms with E-state index in [-0.39, 0.29) is 6.04 Å². The standard InChI is InChI=1S/C11H13ClN4/c1-8(13-2)11-7-16(15-14-11)10-5-3-4-9(12)6-10/h3-8,13H,1-2H3. The molecule has 0 saturated heterocycles. The average Bonchev–Trinajstić information content (AvgIpc) is 2.77. The molecule has 16 heavy (non-hydrogen) atoms. The van der Waals surface area contributed by atoms with Gasteiger partial charge in [-0.2, -0.15) is 0 Å². The van der Waals surface area contributed by atoms with Crippen LogP contribution in [0.25, 0.3) is 5.69 Å². The van der Waals surface area contributed by atoms with Crippen molar-refractivity contribution in [1.29, 1.82) is 0 Å². The largest absolute Gasteiger partial charge is 0.312 e. The Morgan fingerprint density at radius 3 is 2.94 bits per heavy atom. The van der Waals surface area contributed by atoms with E-state index >= 15 is 0 Å². The zero-order valence-corrected chi connectivity index (χ0v) is 9.94. The molecule has 0 amide bonds. The Bertz CT molecular complexity index is 480. The van der Waals surface area contributed by atoms with Crippen molar-refractivity contribution in [3.8, 4) is 5.69 Å². The summed E-state index contributed by atoms with van der Waals surface area (Å²) in [5.74, 6) is 0. The quantitative estimate of drug-likeness (QED) is 0.889. The number of hydrogen-bond acceptors (Lipinski definition) is 3. The molecule has 0 aliphatic rings. The van der Waals surface area contributed by atoms with Gasteiger partial charge in [0.2, 0.25) is 0 Å². The second-order valence-electron chi connectivity index (χ2n) is 3.58. The second kappa shape index (κ2) is 4.63. The first kappa shape index (κ1) is 11.1. The van der Waals surface area contributed by atoms with Crippen molar-refractivity contribution in [3.05, 3.63) is 41.2 Å². The van der Waals surface area contributed by atoms with Crippen molar-refractivity contribution in [2.45, 2.75) is 13.0 Å². The van der Waals surface area contributed by atoms with Gasteiger partial charge in [-0.15, -0.1) is 5.10 Å². The molecule has 4 nitrogen and oxygen atoms in total. The molecule has 0 bridgehead atoms. The van der Waals surface area contributed by atoms with Crippen LogP contribution in [0.1, 0.15) is 18.7 Å². The van der Waals surface area contributed by atoms with E-state index in [2.05, 4.69) is 15.6 Å². The summed E-state index contributed by atoms with van der Waals surface area (Å²) in [6.45, 7) is 2.03. The molecular formula is C11H13ClN4. The van der Waals surface area contributed by atoms with E-state index in [0.717, 1.165) is 11.4 Å². The second-order valence-corrected chi connectivity index (χ2v) is 4.01. The zero-order chi connectivity index (χ0) is 11.5. The van der Waals surface area contributed by atoms with E-state index in [1.165, 1.54) is 0 Å². The first-order valence-electron chi connectivity index (χ1n) is 5.06. The topological polar surface area (TPSA) is 42.7 Å². The molecule has 2 rings (SSSR count). The number of aromatic nitrogens is 3. The lowest BCUT2D eigenvalue weighted by molar-refractivity contribution is 0.630.